The molecule has 0 amide bonds. The van der Waals surface area contributed by atoms with Gasteiger partial charge in [-0.2, -0.15) is 0 Å². The van der Waals surface area contributed by atoms with Crippen LogP contribution in [-0.4, -0.2) is 40.0 Å². The Bertz CT molecular complexity index is 866. The first kappa shape index (κ1) is 18.6. The number of ether oxygens (including phenoxy) is 1. The standard InChI is InChI=1S/C19H18ClN3O2S/c1-25-12-11-23-18(15-5-3-2-4-6-15)21-22-19(23)26-13-17(24)14-7-9-16(20)10-8-14/h2-10H,11-13H2,1H3. The van der Waals surface area contributed by atoms with Gasteiger partial charge in [0, 0.05) is 23.3 Å². The minimum Gasteiger partial charge on any atom is -0.383 e. The molecule has 0 saturated carbocycles. The first-order valence-electron chi connectivity index (χ1n) is 8.08. The Morgan fingerprint density at radius 3 is 2.54 bits per heavy atom. The lowest BCUT2D eigenvalue weighted by Gasteiger charge is -2.09. The number of methoxy groups -OCH3 is 1. The lowest BCUT2D eigenvalue weighted by molar-refractivity contribution is 0.102. The van der Waals surface area contributed by atoms with Crippen molar-refractivity contribution in [2.75, 3.05) is 19.5 Å². The van der Waals surface area contributed by atoms with E-state index in [0.29, 0.717) is 28.9 Å². The van der Waals surface area contributed by atoms with Gasteiger partial charge in [0.25, 0.3) is 0 Å². The monoisotopic (exact) mass is 387 g/mol. The van der Waals surface area contributed by atoms with E-state index in [9.17, 15) is 4.79 Å². The Labute approximate surface area is 161 Å². The summed E-state index contributed by atoms with van der Waals surface area (Å²) >= 11 is 7.24. The van der Waals surface area contributed by atoms with Gasteiger partial charge in [0.15, 0.2) is 16.8 Å². The predicted octanol–water partition coefficient (Wildman–Crippen LogP) is 4.22. The van der Waals surface area contributed by atoms with Crippen LogP contribution in [0.25, 0.3) is 11.4 Å². The number of ketones is 1. The van der Waals surface area contributed by atoms with Gasteiger partial charge >= 0.3 is 0 Å². The van der Waals surface area contributed by atoms with Crippen LogP contribution in [-0.2, 0) is 11.3 Å². The Balaban J connectivity index is 1.77. The predicted molar refractivity (Wildman–Crippen MR) is 104 cm³/mol. The molecule has 26 heavy (non-hydrogen) atoms. The smallest absolute Gasteiger partial charge is 0.192 e. The molecule has 0 atom stereocenters. The molecule has 0 radical (unpaired) electrons. The molecule has 5 nitrogen and oxygen atoms in total. The van der Waals surface area contributed by atoms with Crippen molar-refractivity contribution in [2.24, 2.45) is 0 Å². The summed E-state index contributed by atoms with van der Waals surface area (Å²) in [6, 6.07) is 16.7. The van der Waals surface area contributed by atoms with Crippen LogP contribution < -0.4 is 0 Å². The fourth-order valence-electron chi connectivity index (χ4n) is 2.43. The minimum atomic E-state index is 0.0224. The van der Waals surface area contributed by atoms with E-state index in [4.69, 9.17) is 16.3 Å². The molecule has 1 aromatic heterocycles. The summed E-state index contributed by atoms with van der Waals surface area (Å²) in [6.45, 7) is 1.15. The maximum atomic E-state index is 12.4. The molecular formula is C19H18ClN3O2S. The van der Waals surface area contributed by atoms with Crippen molar-refractivity contribution in [3.63, 3.8) is 0 Å². The highest BCUT2D eigenvalue weighted by Gasteiger charge is 2.16. The zero-order valence-corrected chi connectivity index (χ0v) is 15.8. The Morgan fingerprint density at radius 2 is 1.85 bits per heavy atom. The van der Waals surface area contributed by atoms with Crippen LogP contribution in [0.5, 0.6) is 0 Å². The average molecular weight is 388 g/mol. The van der Waals surface area contributed by atoms with E-state index in [-0.39, 0.29) is 11.5 Å². The van der Waals surface area contributed by atoms with Crippen LogP contribution in [0, 0.1) is 0 Å². The van der Waals surface area contributed by atoms with Gasteiger partial charge < -0.3 is 4.74 Å². The molecule has 2 aromatic carbocycles. The number of benzene rings is 2. The Hall–Kier alpha value is -2.15. The fraction of sp³-hybridized carbons (Fsp3) is 0.211. The van der Waals surface area contributed by atoms with Crippen molar-refractivity contribution in [2.45, 2.75) is 11.7 Å². The third-order valence-corrected chi connectivity index (χ3v) is 4.99. The second-order valence-electron chi connectivity index (χ2n) is 5.54. The molecule has 0 saturated heterocycles. The molecule has 0 fully saturated rings. The van der Waals surface area contributed by atoms with Crippen molar-refractivity contribution >= 4 is 29.1 Å². The second kappa shape index (κ2) is 8.98. The van der Waals surface area contributed by atoms with E-state index in [2.05, 4.69) is 10.2 Å². The maximum absolute atomic E-state index is 12.4. The molecule has 0 unspecified atom stereocenters. The Kier molecular flexibility index (Phi) is 6.44. The molecule has 0 aliphatic carbocycles. The number of thioether (sulfide) groups is 1. The molecule has 7 heteroatoms. The number of carbonyl (C=O) groups excluding carboxylic acids is 1. The lowest BCUT2D eigenvalue weighted by atomic mass is 10.1. The van der Waals surface area contributed by atoms with Gasteiger partial charge in [-0.3, -0.25) is 9.36 Å². The summed E-state index contributed by atoms with van der Waals surface area (Å²) in [4.78, 5) is 12.4. The SMILES string of the molecule is COCCn1c(SCC(=O)c2ccc(Cl)cc2)nnc1-c1ccccc1. The van der Waals surface area contributed by atoms with Gasteiger partial charge in [0.05, 0.1) is 18.9 Å². The number of aromatic nitrogens is 3. The van der Waals surface area contributed by atoms with Gasteiger partial charge in [-0.25, -0.2) is 0 Å². The average Bonchev–Trinajstić information content (AvgIpc) is 3.08. The van der Waals surface area contributed by atoms with Crippen LogP contribution in [0.1, 0.15) is 10.4 Å². The zero-order chi connectivity index (χ0) is 18.4. The third-order valence-electron chi connectivity index (χ3n) is 3.77. The summed E-state index contributed by atoms with van der Waals surface area (Å²) in [5.41, 5.74) is 1.61. The number of carbonyl (C=O) groups is 1. The number of halogens is 1. The van der Waals surface area contributed by atoms with E-state index >= 15 is 0 Å². The summed E-state index contributed by atoms with van der Waals surface area (Å²) in [6.07, 6.45) is 0. The first-order valence-corrected chi connectivity index (χ1v) is 9.44. The quantitative estimate of drug-likeness (QED) is 0.428. The lowest BCUT2D eigenvalue weighted by Crippen LogP contribution is -2.09. The summed E-state index contributed by atoms with van der Waals surface area (Å²) in [5.74, 6) is 1.07. The molecule has 134 valence electrons. The highest BCUT2D eigenvalue weighted by molar-refractivity contribution is 7.99. The molecule has 0 bridgehead atoms. The summed E-state index contributed by atoms with van der Waals surface area (Å²) in [7, 11) is 1.66. The van der Waals surface area contributed by atoms with E-state index in [1.165, 1.54) is 11.8 Å². The molecule has 3 aromatic rings. The van der Waals surface area contributed by atoms with Gasteiger partial charge in [-0.1, -0.05) is 53.7 Å². The number of nitrogens with zero attached hydrogens (tertiary/aromatic N) is 3. The van der Waals surface area contributed by atoms with Crippen LogP contribution in [0.4, 0.5) is 0 Å². The topological polar surface area (TPSA) is 57.0 Å². The van der Waals surface area contributed by atoms with Crippen molar-refractivity contribution in [3.8, 4) is 11.4 Å². The fourth-order valence-corrected chi connectivity index (χ4v) is 3.41. The maximum Gasteiger partial charge on any atom is 0.192 e. The number of hydrogen-bond acceptors (Lipinski definition) is 5. The highest BCUT2D eigenvalue weighted by Crippen LogP contribution is 2.24. The molecular weight excluding hydrogens is 370 g/mol. The molecule has 0 spiro atoms. The van der Waals surface area contributed by atoms with Crippen molar-refractivity contribution in [1.29, 1.82) is 0 Å². The van der Waals surface area contributed by atoms with Crippen molar-refractivity contribution in [1.82, 2.24) is 14.8 Å². The van der Waals surface area contributed by atoms with Crippen molar-refractivity contribution in [3.05, 3.63) is 65.2 Å². The van der Waals surface area contributed by atoms with E-state index in [1.54, 1.807) is 31.4 Å². The molecule has 1 heterocycles. The molecule has 3 rings (SSSR count). The highest BCUT2D eigenvalue weighted by atomic mass is 35.5. The summed E-state index contributed by atoms with van der Waals surface area (Å²) < 4.78 is 7.19. The molecule has 0 N–H and O–H groups in total. The Morgan fingerprint density at radius 1 is 1.12 bits per heavy atom. The first-order chi connectivity index (χ1) is 12.7. The number of hydrogen-bond donors (Lipinski definition) is 0. The molecule has 0 aliphatic heterocycles. The largest absolute Gasteiger partial charge is 0.383 e. The van der Waals surface area contributed by atoms with E-state index < -0.39 is 0 Å². The third kappa shape index (κ3) is 4.52. The zero-order valence-electron chi connectivity index (χ0n) is 14.3. The molecule has 0 aliphatic rings. The second-order valence-corrected chi connectivity index (χ2v) is 6.91. The van der Waals surface area contributed by atoms with Gasteiger partial charge in [0.2, 0.25) is 0 Å². The van der Waals surface area contributed by atoms with Gasteiger partial charge in [-0.05, 0) is 24.3 Å². The number of Topliss-reactive ketones (excluding diaryl/α,β-unsaturated/α-hetero) is 1. The number of rotatable bonds is 8. The van der Waals surface area contributed by atoms with Crippen molar-refractivity contribution < 1.29 is 9.53 Å². The van der Waals surface area contributed by atoms with E-state index in [1.807, 2.05) is 34.9 Å². The van der Waals surface area contributed by atoms with Crippen LogP contribution in [0.2, 0.25) is 5.02 Å². The van der Waals surface area contributed by atoms with Gasteiger partial charge in [0.1, 0.15) is 0 Å². The van der Waals surface area contributed by atoms with Crippen LogP contribution >= 0.6 is 23.4 Å². The minimum absolute atomic E-state index is 0.0224. The van der Waals surface area contributed by atoms with Gasteiger partial charge in [-0.15, -0.1) is 10.2 Å². The van der Waals surface area contributed by atoms with E-state index in [0.717, 1.165) is 11.4 Å². The van der Waals surface area contributed by atoms with Crippen LogP contribution in [0.3, 0.4) is 0 Å². The van der Waals surface area contributed by atoms with Crippen LogP contribution in [0.15, 0.2) is 59.8 Å². The summed E-state index contributed by atoms with van der Waals surface area (Å²) in [5, 5.41) is 9.89. The normalized spacial score (nSPS) is 10.8.